The summed E-state index contributed by atoms with van der Waals surface area (Å²) in [6.45, 7) is 2.81. The molecule has 16 heavy (non-hydrogen) atoms. The SMILES string of the molecule is CC1CCCC(Sc2nnc(CN)n2C)C1. The summed E-state index contributed by atoms with van der Waals surface area (Å²) in [4.78, 5) is 0. The van der Waals surface area contributed by atoms with Crippen molar-refractivity contribution in [2.24, 2.45) is 18.7 Å². The number of rotatable bonds is 3. The Kier molecular flexibility index (Phi) is 3.86. The molecule has 0 aliphatic heterocycles. The Labute approximate surface area is 101 Å². The Morgan fingerprint density at radius 2 is 2.25 bits per heavy atom. The van der Waals surface area contributed by atoms with Crippen molar-refractivity contribution in [1.29, 1.82) is 0 Å². The Morgan fingerprint density at radius 1 is 1.44 bits per heavy atom. The maximum Gasteiger partial charge on any atom is 0.191 e. The van der Waals surface area contributed by atoms with E-state index in [2.05, 4.69) is 17.1 Å². The first-order valence-corrected chi connectivity index (χ1v) is 6.83. The molecule has 1 aromatic heterocycles. The van der Waals surface area contributed by atoms with E-state index < -0.39 is 0 Å². The first-order chi connectivity index (χ1) is 7.70. The summed E-state index contributed by atoms with van der Waals surface area (Å²) in [6.07, 6.45) is 5.33. The van der Waals surface area contributed by atoms with Crippen LogP contribution in [0.3, 0.4) is 0 Å². The molecule has 1 aromatic rings. The van der Waals surface area contributed by atoms with Crippen LogP contribution >= 0.6 is 11.8 Å². The second kappa shape index (κ2) is 5.19. The van der Waals surface area contributed by atoms with Crippen LogP contribution in [0.4, 0.5) is 0 Å². The van der Waals surface area contributed by atoms with Gasteiger partial charge in [-0.1, -0.05) is 31.5 Å². The summed E-state index contributed by atoms with van der Waals surface area (Å²) in [6, 6.07) is 0. The van der Waals surface area contributed by atoms with Gasteiger partial charge >= 0.3 is 0 Å². The van der Waals surface area contributed by atoms with Gasteiger partial charge in [0.1, 0.15) is 5.82 Å². The van der Waals surface area contributed by atoms with Gasteiger partial charge in [0, 0.05) is 12.3 Å². The zero-order chi connectivity index (χ0) is 11.5. The van der Waals surface area contributed by atoms with E-state index in [0.717, 1.165) is 16.9 Å². The summed E-state index contributed by atoms with van der Waals surface area (Å²) in [7, 11) is 2.00. The second-order valence-electron chi connectivity index (χ2n) is 4.67. The summed E-state index contributed by atoms with van der Waals surface area (Å²) >= 11 is 1.86. The fraction of sp³-hybridized carbons (Fsp3) is 0.818. The van der Waals surface area contributed by atoms with Crippen molar-refractivity contribution in [3.63, 3.8) is 0 Å². The molecule has 1 saturated carbocycles. The van der Waals surface area contributed by atoms with E-state index in [0.29, 0.717) is 11.8 Å². The quantitative estimate of drug-likeness (QED) is 0.877. The lowest BCUT2D eigenvalue weighted by Crippen LogP contribution is -2.15. The standard InChI is InChI=1S/C11H20N4S/c1-8-4-3-5-9(6-8)16-11-14-13-10(7-12)15(11)2/h8-9H,3-7,12H2,1-2H3. The third-order valence-electron chi connectivity index (χ3n) is 3.27. The number of nitrogens with two attached hydrogens (primary N) is 1. The van der Waals surface area contributed by atoms with Crippen LogP contribution in [0.5, 0.6) is 0 Å². The first kappa shape index (κ1) is 11.9. The Hall–Kier alpha value is -0.550. The Balaban J connectivity index is 2.00. The lowest BCUT2D eigenvalue weighted by atomic mass is 9.91. The van der Waals surface area contributed by atoms with Gasteiger partial charge in [0.2, 0.25) is 0 Å². The lowest BCUT2D eigenvalue weighted by molar-refractivity contribution is 0.393. The third kappa shape index (κ3) is 2.58. The summed E-state index contributed by atoms with van der Waals surface area (Å²) in [5, 5.41) is 10.0. The van der Waals surface area contributed by atoms with Gasteiger partial charge in [0.05, 0.1) is 6.54 Å². The van der Waals surface area contributed by atoms with Crippen molar-refractivity contribution < 1.29 is 0 Å². The molecule has 0 aromatic carbocycles. The molecule has 0 saturated heterocycles. The van der Waals surface area contributed by atoms with Crippen molar-refractivity contribution in [1.82, 2.24) is 14.8 Å². The minimum Gasteiger partial charge on any atom is -0.324 e. The monoisotopic (exact) mass is 240 g/mol. The van der Waals surface area contributed by atoms with E-state index in [-0.39, 0.29) is 0 Å². The van der Waals surface area contributed by atoms with Crippen molar-refractivity contribution in [2.75, 3.05) is 0 Å². The van der Waals surface area contributed by atoms with E-state index in [1.807, 2.05) is 23.4 Å². The molecule has 0 bridgehead atoms. The van der Waals surface area contributed by atoms with E-state index in [1.165, 1.54) is 25.7 Å². The average Bonchev–Trinajstić information content (AvgIpc) is 2.60. The minimum absolute atomic E-state index is 0.463. The summed E-state index contributed by atoms with van der Waals surface area (Å²) < 4.78 is 2.02. The highest BCUT2D eigenvalue weighted by Crippen LogP contribution is 2.35. The van der Waals surface area contributed by atoms with Crippen LogP contribution in [-0.2, 0) is 13.6 Å². The molecular formula is C11H20N4S. The fourth-order valence-electron chi connectivity index (χ4n) is 2.26. The van der Waals surface area contributed by atoms with E-state index in [9.17, 15) is 0 Å². The van der Waals surface area contributed by atoms with Crippen LogP contribution in [-0.4, -0.2) is 20.0 Å². The molecule has 1 fully saturated rings. The van der Waals surface area contributed by atoms with E-state index in [4.69, 9.17) is 5.73 Å². The van der Waals surface area contributed by atoms with Crippen LogP contribution in [0.15, 0.2) is 5.16 Å². The highest BCUT2D eigenvalue weighted by atomic mass is 32.2. The largest absolute Gasteiger partial charge is 0.324 e. The second-order valence-corrected chi connectivity index (χ2v) is 5.94. The molecule has 4 nitrogen and oxygen atoms in total. The molecule has 2 N–H and O–H groups in total. The molecule has 5 heteroatoms. The number of aromatic nitrogens is 3. The first-order valence-electron chi connectivity index (χ1n) is 5.95. The van der Waals surface area contributed by atoms with E-state index in [1.54, 1.807) is 0 Å². The minimum atomic E-state index is 0.463. The highest BCUT2D eigenvalue weighted by molar-refractivity contribution is 7.99. The van der Waals surface area contributed by atoms with Crippen molar-refractivity contribution in [3.05, 3.63) is 5.82 Å². The van der Waals surface area contributed by atoms with Gasteiger partial charge in [0.25, 0.3) is 0 Å². The number of hydrogen-bond acceptors (Lipinski definition) is 4. The molecule has 1 aliphatic carbocycles. The van der Waals surface area contributed by atoms with Gasteiger partial charge < -0.3 is 10.3 Å². The van der Waals surface area contributed by atoms with Gasteiger partial charge in [0.15, 0.2) is 5.16 Å². The topological polar surface area (TPSA) is 56.7 Å². The molecule has 1 heterocycles. The Bertz CT molecular complexity index is 350. The highest BCUT2D eigenvalue weighted by Gasteiger charge is 2.22. The third-order valence-corrected chi connectivity index (χ3v) is 4.60. The number of nitrogens with zero attached hydrogens (tertiary/aromatic N) is 3. The molecule has 0 spiro atoms. The predicted octanol–water partition coefficient (Wildman–Crippen LogP) is 1.94. The van der Waals surface area contributed by atoms with Crippen LogP contribution in [0.2, 0.25) is 0 Å². The molecular weight excluding hydrogens is 220 g/mol. The zero-order valence-corrected chi connectivity index (χ0v) is 10.8. The van der Waals surface area contributed by atoms with Crippen LogP contribution < -0.4 is 5.73 Å². The van der Waals surface area contributed by atoms with Gasteiger partial charge in [-0.05, 0) is 18.8 Å². The van der Waals surface area contributed by atoms with Crippen molar-refractivity contribution >= 4 is 11.8 Å². The molecule has 90 valence electrons. The summed E-state index contributed by atoms with van der Waals surface area (Å²) in [5.74, 6) is 1.72. The fourth-order valence-corrected chi connectivity index (χ4v) is 3.62. The predicted molar refractivity (Wildman–Crippen MR) is 66.2 cm³/mol. The van der Waals surface area contributed by atoms with Crippen molar-refractivity contribution in [2.45, 2.75) is 49.6 Å². The van der Waals surface area contributed by atoms with Crippen LogP contribution in [0.25, 0.3) is 0 Å². The van der Waals surface area contributed by atoms with Gasteiger partial charge in [-0.2, -0.15) is 0 Å². The van der Waals surface area contributed by atoms with Gasteiger partial charge in [-0.3, -0.25) is 0 Å². The molecule has 0 amide bonds. The maximum absolute atomic E-state index is 5.59. The van der Waals surface area contributed by atoms with E-state index >= 15 is 0 Å². The molecule has 2 atom stereocenters. The van der Waals surface area contributed by atoms with Gasteiger partial charge in [-0.25, -0.2) is 0 Å². The van der Waals surface area contributed by atoms with Crippen molar-refractivity contribution in [3.8, 4) is 0 Å². The summed E-state index contributed by atoms with van der Waals surface area (Å²) in [5.41, 5.74) is 5.59. The molecule has 0 radical (unpaired) electrons. The number of hydrogen-bond donors (Lipinski definition) is 1. The van der Waals surface area contributed by atoms with Crippen LogP contribution in [0.1, 0.15) is 38.4 Å². The smallest absolute Gasteiger partial charge is 0.191 e. The maximum atomic E-state index is 5.59. The molecule has 2 unspecified atom stereocenters. The average molecular weight is 240 g/mol. The molecule has 1 aliphatic rings. The lowest BCUT2D eigenvalue weighted by Gasteiger charge is -2.25. The number of thioether (sulfide) groups is 1. The normalized spacial score (nSPS) is 25.9. The zero-order valence-electron chi connectivity index (χ0n) is 10.0. The van der Waals surface area contributed by atoms with Crippen LogP contribution in [0, 0.1) is 5.92 Å². The Morgan fingerprint density at radius 3 is 2.88 bits per heavy atom. The van der Waals surface area contributed by atoms with Gasteiger partial charge in [-0.15, -0.1) is 10.2 Å². The molecule has 2 rings (SSSR count).